The van der Waals surface area contributed by atoms with E-state index < -0.39 is 15.9 Å². The molecule has 60 heavy (non-hydrogen) atoms. The summed E-state index contributed by atoms with van der Waals surface area (Å²) >= 11 is 7.12. The number of amides is 1. The number of rotatable bonds is 15. The highest BCUT2D eigenvalue weighted by Crippen LogP contribution is 2.44. The molecule has 5 aromatic rings. The van der Waals surface area contributed by atoms with E-state index in [1.54, 1.807) is 12.1 Å². The third-order valence-electron chi connectivity index (χ3n) is 11.9. The van der Waals surface area contributed by atoms with E-state index in [4.69, 9.17) is 16.3 Å². The van der Waals surface area contributed by atoms with Crippen molar-refractivity contribution in [3.63, 3.8) is 0 Å². The zero-order valence-corrected chi connectivity index (χ0v) is 36.5. The number of nitroso groups, excluding NO2 is 1. The number of H-pyrrole nitrogens is 1. The Morgan fingerprint density at radius 3 is 2.50 bits per heavy atom. The van der Waals surface area contributed by atoms with Crippen LogP contribution in [0.5, 0.6) is 11.5 Å². The first-order chi connectivity index (χ1) is 28.9. The van der Waals surface area contributed by atoms with Crippen LogP contribution in [0.15, 0.2) is 94.0 Å². The minimum Gasteiger partial charge on any atom is -0.456 e. The van der Waals surface area contributed by atoms with E-state index in [1.165, 1.54) is 35.6 Å². The number of benzene rings is 3. The van der Waals surface area contributed by atoms with Gasteiger partial charge in [0.15, 0.2) is 0 Å². The van der Waals surface area contributed by atoms with Crippen LogP contribution >= 0.6 is 22.9 Å². The molecule has 1 aliphatic carbocycles. The van der Waals surface area contributed by atoms with Gasteiger partial charge in [0.2, 0.25) is 0 Å². The lowest BCUT2D eigenvalue weighted by Gasteiger charge is -2.39. The summed E-state index contributed by atoms with van der Waals surface area (Å²) in [6.07, 6.45) is 8.34. The fourth-order valence-corrected chi connectivity index (χ4v) is 10.9. The van der Waals surface area contributed by atoms with E-state index >= 15 is 0 Å². The smallest absolute Gasteiger partial charge is 0.273 e. The lowest BCUT2D eigenvalue weighted by atomic mass is 9.72. The highest BCUT2D eigenvalue weighted by molar-refractivity contribution is 7.92. The number of aromatic nitrogens is 1. The van der Waals surface area contributed by atoms with Crippen LogP contribution in [0.25, 0.3) is 16.5 Å². The minimum absolute atomic E-state index is 0.0102. The van der Waals surface area contributed by atoms with E-state index in [0.29, 0.717) is 17.3 Å². The molecule has 0 unspecified atom stereocenters. The fraction of sp³-hybridized carbons (Fsp3) is 0.400. The van der Waals surface area contributed by atoms with Crippen molar-refractivity contribution in [2.75, 3.05) is 69.1 Å². The SMILES string of the molecule is CC1(C)CCC(CN2CCN(c3ccc(C(=O)NS(=O)(=O)c4cc(N=O)c(NCCCN5CCCC5)s4)c(Oc4ccc5[nH]ccc5c4)c3)CC2)=C(c2ccc(Cl)cc2)C1. The topological polar surface area (TPSA) is 139 Å². The number of carbonyl (C=O) groups excluding carboxylic acids is 1. The second kappa shape index (κ2) is 18.1. The Labute approximate surface area is 361 Å². The summed E-state index contributed by atoms with van der Waals surface area (Å²) in [7, 11) is -4.37. The molecule has 3 aromatic carbocycles. The van der Waals surface area contributed by atoms with Gasteiger partial charge in [-0.15, -0.1) is 16.2 Å². The lowest BCUT2D eigenvalue weighted by molar-refractivity contribution is 0.0979. The summed E-state index contributed by atoms with van der Waals surface area (Å²) in [6.45, 7) is 12.5. The second-order valence-corrected chi connectivity index (χ2v) is 20.2. The van der Waals surface area contributed by atoms with E-state index in [-0.39, 0.29) is 26.6 Å². The molecule has 0 saturated carbocycles. The van der Waals surface area contributed by atoms with Crippen molar-refractivity contribution in [2.24, 2.45) is 10.6 Å². The van der Waals surface area contributed by atoms with Crippen molar-refractivity contribution in [3.05, 3.63) is 106 Å². The monoisotopic (exact) mass is 869 g/mol. The zero-order valence-electron chi connectivity index (χ0n) is 34.1. The first-order valence-electron chi connectivity index (χ1n) is 20.8. The number of carbonyl (C=O) groups is 1. The molecule has 0 radical (unpaired) electrons. The molecule has 0 spiro atoms. The van der Waals surface area contributed by atoms with Gasteiger partial charge in [0.05, 0.1) is 5.56 Å². The number of halogens is 1. The van der Waals surface area contributed by atoms with Gasteiger partial charge in [0.25, 0.3) is 15.9 Å². The molecule has 0 bridgehead atoms. The largest absolute Gasteiger partial charge is 0.456 e. The number of nitrogens with zero attached hydrogens (tertiary/aromatic N) is 4. The lowest BCUT2D eigenvalue weighted by Crippen LogP contribution is -2.47. The van der Waals surface area contributed by atoms with Crippen molar-refractivity contribution in [3.8, 4) is 11.5 Å². The number of sulfonamides is 1. The molecule has 12 nitrogen and oxygen atoms in total. The highest BCUT2D eigenvalue weighted by Gasteiger charge is 2.30. The molecule has 2 aromatic heterocycles. The first kappa shape index (κ1) is 42.0. The fourth-order valence-electron chi connectivity index (χ4n) is 8.52. The zero-order chi connectivity index (χ0) is 41.9. The van der Waals surface area contributed by atoms with Crippen molar-refractivity contribution < 1.29 is 17.9 Å². The standard InChI is InChI=1S/C45H52ClN7O5S2/c1-45(2)16-14-33(38(29-45)31-6-8-34(46)9-7-31)30-52-22-24-53(25-23-52)35-10-12-37(41(27-35)58-36-11-13-39-32(26-36)15-18-47-39)43(54)50-60(56,57)42-28-40(49-55)44(59-42)48-17-5-21-51-19-3-4-20-51/h6-13,15,18,26-28,47-48H,3-5,14,16-17,19-25,29-30H2,1-2H3,(H,50,54). The molecular formula is C45H52ClN7O5S2. The Morgan fingerprint density at radius 1 is 0.950 bits per heavy atom. The third-order valence-corrected chi connectivity index (χ3v) is 15.0. The van der Waals surface area contributed by atoms with Crippen molar-refractivity contribution in [1.29, 1.82) is 0 Å². The van der Waals surface area contributed by atoms with Crippen LogP contribution in [-0.2, 0) is 10.0 Å². The molecule has 1 amide bonds. The number of likely N-dealkylation sites (tertiary alicyclic amines) is 1. The minimum atomic E-state index is -4.37. The molecular weight excluding hydrogens is 818 g/mol. The Hall–Kier alpha value is -4.73. The van der Waals surface area contributed by atoms with Crippen LogP contribution in [0.1, 0.15) is 68.3 Å². The van der Waals surface area contributed by atoms with Crippen molar-refractivity contribution in [2.45, 2.75) is 56.6 Å². The van der Waals surface area contributed by atoms with Crippen LogP contribution in [0, 0.1) is 10.3 Å². The predicted molar refractivity (Wildman–Crippen MR) is 243 cm³/mol. The number of thiophene rings is 1. The van der Waals surface area contributed by atoms with Gasteiger partial charge >= 0.3 is 0 Å². The molecule has 2 saturated heterocycles. The molecule has 15 heteroatoms. The van der Waals surface area contributed by atoms with Crippen molar-refractivity contribution >= 4 is 71.7 Å². The van der Waals surface area contributed by atoms with Crippen LogP contribution in [-0.4, -0.2) is 88.0 Å². The number of aromatic amines is 1. The summed E-state index contributed by atoms with van der Waals surface area (Å²) in [6, 6.07) is 22.2. The van der Waals surface area contributed by atoms with Crippen LogP contribution in [0.2, 0.25) is 5.02 Å². The maximum absolute atomic E-state index is 13.9. The van der Waals surface area contributed by atoms with Gasteiger partial charge in [0.1, 0.15) is 26.4 Å². The maximum Gasteiger partial charge on any atom is 0.273 e. The number of allylic oxidation sites excluding steroid dienone is 1. The van der Waals surface area contributed by atoms with Gasteiger partial charge in [0, 0.05) is 79.2 Å². The second-order valence-electron chi connectivity index (χ2n) is 16.8. The van der Waals surface area contributed by atoms with Crippen molar-refractivity contribution in [1.82, 2.24) is 19.5 Å². The highest BCUT2D eigenvalue weighted by atomic mass is 35.5. The van der Waals surface area contributed by atoms with Gasteiger partial charge < -0.3 is 24.8 Å². The third kappa shape index (κ3) is 9.90. The van der Waals surface area contributed by atoms with Gasteiger partial charge in [-0.05, 0) is 128 Å². The predicted octanol–water partition coefficient (Wildman–Crippen LogP) is 9.88. The quantitative estimate of drug-likeness (QED) is 0.0693. The average molecular weight is 871 g/mol. The molecule has 8 rings (SSSR count). The normalized spacial score (nSPS) is 17.6. The number of hydrogen-bond acceptors (Lipinski definition) is 11. The molecule has 0 atom stereocenters. The molecule has 2 aliphatic heterocycles. The van der Waals surface area contributed by atoms with Gasteiger partial charge in [-0.3, -0.25) is 9.69 Å². The molecule has 316 valence electrons. The molecule has 4 heterocycles. The van der Waals surface area contributed by atoms with E-state index in [2.05, 4.69) is 60.9 Å². The van der Waals surface area contributed by atoms with Crippen LogP contribution in [0.3, 0.4) is 0 Å². The number of anilines is 2. The van der Waals surface area contributed by atoms with Crippen LogP contribution in [0.4, 0.5) is 16.4 Å². The van der Waals surface area contributed by atoms with Crippen LogP contribution < -0.4 is 19.7 Å². The van der Waals surface area contributed by atoms with Gasteiger partial charge in [-0.2, -0.15) is 0 Å². The molecule has 2 fully saturated rings. The summed E-state index contributed by atoms with van der Waals surface area (Å²) in [4.78, 5) is 36.0. The summed E-state index contributed by atoms with van der Waals surface area (Å²) < 4.78 is 35.8. The van der Waals surface area contributed by atoms with E-state index in [1.807, 2.05) is 48.7 Å². The Kier molecular flexibility index (Phi) is 12.7. The number of hydrogen-bond donors (Lipinski definition) is 3. The maximum atomic E-state index is 13.9. The number of nitrogens with one attached hydrogen (secondary N) is 3. The molecule has 3 aliphatic rings. The molecule has 3 N–H and O–H groups in total. The number of piperazine rings is 1. The summed E-state index contributed by atoms with van der Waals surface area (Å²) in [5.74, 6) is -0.123. The summed E-state index contributed by atoms with van der Waals surface area (Å²) in [5, 5.41) is 8.26. The van der Waals surface area contributed by atoms with Gasteiger partial charge in [-0.1, -0.05) is 43.2 Å². The summed E-state index contributed by atoms with van der Waals surface area (Å²) in [5.41, 5.74) is 6.27. The number of fused-ring (bicyclic) bond motifs is 1. The Balaban J connectivity index is 0.981. The van der Waals surface area contributed by atoms with E-state index in [9.17, 15) is 18.1 Å². The Bertz CT molecular complexity index is 2480. The first-order valence-corrected chi connectivity index (χ1v) is 23.4. The number of ether oxygens (including phenoxy) is 1. The average Bonchev–Trinajstić information content (AvgIpc) is 4.03. The van der Waals surface area contributed by atoms with Gasteiger partial charge in [-0.25, -0.2) is 13.1 Å². The van der Waals surface area contributed by atoms with E-state index in [0.717, 1.165) is 111 Å². The Morgan fingerprint density at radius 2 is 1.73 bits per heavy atom.